The Morgan fingerprint density at radius 2 is 2.09 bits per heavy atom. The van der Waals surface area contributed by atoms with Gasteiger partial charge < -0.3 is 14.5 Å². The second kappa shape index (κ2) is 9.16. The summed E-state index contributed by atoms with van der Waals surface area (Å²) in [4.78, 5) is 26.3. The largest absolute Gasteiger partial charge is 0.376 e. The van der Waals surface area contributed by atoms with Crippen LogP contribution in [0.2, 0.25) is 0 Å². The number of anilines is 1. The van der Waals surface area contributed by atoms with Crippen LogP contribution in [0.4, 0.5) is 5.82 Å². The molecule has 1 atom stereocenters. The second-order valence-electron chi connectivity index (χ2n) is 9.07. The summed E-state index contributed by atoms with van der Waals surface area (Å²) in [6, 6.07) is 2.49. The summed E-state index contributed by atoms with van der Waals surface area (Å²) < 4.78 is 5.79. The van der Waals surface area contributed by atoms with Gasteiger partial charge in [0.2, 0.25) is 0 Å². The molecule has 1 aliphatic carbocycles. The first-order valence-electron chi connectivity index (χ1n) is 11.6. The van der Waals surface area contributed by atoms with Crippen molar-refractivity contribution in [2.24, 2.45) is 0 Å². The lowest BCUT2D eigenvalue weighted by Crippen LogP contribution is -2.54. The smallest absolute Gasteiger partial charge is 0.273 e. The van der Waals surface area contributed by atoms with Crippen LogP contribution in [0, 0.1) is 11.3 Å². The van der Waals surface area contributed by atoms with Crippen LogP contribution >= 0.6 is 11.3 Å². The van der Waals surface area contributed by atoms with E-state index >= 15 is 0 Å². The highest BCUT2D eigenvalue weighted by Gasteiger charge is 2.33. The third-order valence-electron chi connectivity index (χ3n) is 7.11. The molecular formula is C24H29N5O2S. The van der Waals surface area contributed by atoms with Crippen LogP contribution in [-0.2, 0) is 17.8 Å². The van der Waals surface area contributed by atoms with Gasteiger partial charge >= 0.3 is 0 Å². The van der Waals surface area contributed by atoms with E-state index in [1.54, 1.807) is 10.9 Å². The number of nitriles is 1. The van der Waals surface area contributed by atoms with E-state index in [2.05, 4.69) is 22.9 Å². The van der Waals surface area contributed by atoms with E-state index < -0.39 is 0 Å². The van der Waals surface area contributed by atoms with Gasteiger partial charge in [-0.1, -0.05) is 19.3 Å². The number of ether oxygens (including phenoxy) is 1. The minimum Gasteiger partial charge on any atom is -0.376 e. The van der Waals surface area contributed by atoms with E-state index in [9.17, 15) is 10.1 Å². The van der Waals surface area contributed by atoms with Gasteiger partial charge in [0, 0.05) is 42.5 Å². The van der Waals surface area contributed by atoms with E-state index in [-0.39, 0.29) is 11.9 Å². The molecule has 1 saturated carbocycles. The Morgan fingerprint density at radius 3 is 2.81 bits per heavy atom. The fourth-order valence-electron chi connectivity index (χ4n) is 5.44. The number of piperazine rings is 1. The topological polar surface area (TPSA) is 82.4 Å². The third-order valence-corrected chi connectivity index (χ3v) is 7.70. The van der Waals surface area contributed by atoms with E-state index in [4.69, 9.17) is 9.72 Å². The Bertz CT molecular complexity index is 1030. The predicted molar refractivity (Wildman–Crippen MR) is 123 cm³/mol. The van der Waals surface area contributed by atoms with Crippen molar-refractivity contribution >= 4 is 23.1 Å². The molecule has 1 amide bonds. The molecule has 0 unspecified atom stereocenters. The number of carbonyl (C=O) groups excluding carboxylic acids is 1. The molecule has 0 radical (unpaired) electrons. The minimum absolute atomic E-state index is 0.0163. The van der Waals surface area contributed by atoms with Gasteiger partial charge in [-0.3, -0.25) is 4.79 Å². The number of amides is 1. The Morgan fingerprint density at radius 1 is 1.25 bits per heavy atom. The number of nitrogens with zero attached hydrogens (tertiary/aromatic N) is 5. The molecule has 4 heterocycles. The summed E-state index contributed by atoms with van der Waals surface area (Å²) in [6.45, 7) is 5.22. The summed E-state index contributed by atoms with van der Waals surface area (Å²) in [6.07, 6.45) is 6.88. The molecule has 0 N–H and O–H groups in total. The van der Waals surface area contributed by atoms with Gasteiger partial charge in [-0.2, -0.15) is 5.26 Å². The molecule has 168 valence electrons. The lowest BCUT2D eigenvalue weighted by Gasteiger charge is -2.41. The molecule has 8 heteroatoms. The standard InChI is InChI=1S/C24H29N5O2S/c1-16-12-28(8-9-29(16)24(30)21-14-32-15-26-21)23-19(11-25)18-7-10-31-13-20(18)22(27-23)17-5-3-2-4-6-17/h14-17H,2-10,12-13H2,1H3/t16-/m1/s1. The molecule has 2 aliphatic heterocycles. The third kappa shape index (κ3) is 3.89. The lowest BCUT2D eigenvalue weighted by molar-refractivity contribution is 0.0668. The first-order chi connectivity index (χ1) is 15.7. The Labute approximate surface area is 193 Å². The van der Waals surface area contributed by atoms with E-state index in [0.717, 1.165) is 41.9 Å². The van der Waals surface area contributed by atoms with Crippen molar-refractivity contribution in [3.8, 4) is 6.07 Å². The van der Waals surface area contributed by atoms with Crippen LogP contribution in [0.15, 0.2) is 10.9 Å². The van der Waals surface area contributed by atoms with Gasteiger partial charge in [0.05, 0.1) is 30.0 Å². The lowest BCUT2D eigenvalue weighted by atomic mass is 9.82. The first kappa shape index (κ1) is 21.4. The monoisotopic (exact) mass is 451 g/mol. The summed E-state index contributed by atoms with van der Waals surface area (Å²) >= 11 is 1.44. The van der Waals surface area contributed by atoms with Gasteiger partial charge in [-0.15, -0.1) is 11.3 Å². The van der Waals surface area contributed by atoms with Crippen molar-refractivity contribution in [2.45, 2.75) is 64.0 Å². The quantitative estimate of drug-likeness (QED) is 0.704. The van der Waals surface area contributed by atoms with Crippen molar-refractivity contribution in [2.75, 3.05) is 31.1 Å². The average Bonchev–Trinajstić information content (AvgIpc) is 3.38. The summed E-state index contributed by atoms with van der Waals surface area (Å²) in [5.74, 6) is 1.24. The van der Waals surface area contributed by atoms with Crippen LogP contribution in [0.3, 0.4) is 0 Å². The predicted octanol–water partition coefficient (Wildman–Crippen LogP) is 3.88. The molecule has 0 bridgehead atoms. The number of rotatable bonds is 3. The van der Waals surface area contributed by atoms with Gasteiger partial charge in [-0.25, -0.2) is 9.97 Å². The van der Waals surface area contributed by atoms with Crippen LogP contribution in [0.5, 0.6) is 0 Å². The van der Waals surface area contributed by atoms with Crippen LogP contribution < -0.4 is 4.90 Å². The number of fused-ring (bicyclic) bond motifs is 1. The summed E-state index contributed by atoms with van der Waals surface area (Å²) in [7, 11) is 0. The molecule has 0 spiro atoms. The van der Waals surface area contributed by atoms with Crippen LogP contribution in [-0.4, -0.2) is 53.1 Å². The SMILES string of the molecule is C[C@@H]1CN(c2nc(C3CCCCC3)c3c(c2C#N)CCOC3)CCN1C(=O)c1cscn1. The first-order valence-corrected chi connectivity index (χ1v) is 12.6. The van der Waals surface area contributed by atoms with Gasteiger partial charge in [0.15, 0.2) is 0 Å². The molecule has 2 aromatic heterocycles. The fraction of sp³-hybridized carbons (Fsp3) is 0.583. The highest BCUT2D eigenvalue weighted by molar-refractivity contribution is 7.07. The minimum atomic E-state index is -0.0163. The highest BCUT2D eigenvalue weighted by Crippen LogP contribution is 2.39. The molecule has 5 rings (SSSR count). The molecule has 2 fully saturated rings. The number of aromatic nitrogens is 2. The van der Waals surface area contributed by atoms with Gasteiger partial charge in [-0.05, 0) is 31.7 Å². The van der Waals surface area contributed by atoms with E-state index in [1.165, 1.54) is 30.6 Å². The normalized spacial score (nSPS) is 21.8. The maximum atomic E-state index is 12.9. The molecule has 0 aromatic carbocycles. The molecule has 32 heavy (non-hydrogen) atoms. The van der Waals surface area contributed by atoms with Crippen LogP contribution in [0.25, 0.3) is 0 Å². The zero-order chi connectivity index (χ0) is 22.1. The zero-order valence-corrected chi connectivity index (χ0v) is 19.4. The fourth-order valence-corrected chi connectivity index (χ4v) is 5.97. The number of pyridine rings is 1. The van der Waals surface area contributed by atoms with E-state index in [1.807, 2.05) is 4.90 Å². The Balaban J connectivity index is 1.46. The highest BCUT2D eigenvalue weighted by atomic mass is 32.1. The zero-order valence-electron chi connectivity index (χ0n) is 18.5. The second-order valence-corrected chi connectivity index (χ2v) is 9.79. The average molecular weight is 452 g/mol. The number of hydrogen-bond donors (Lipinski definition) is 0. The maximum Gasteiger partial charge on any atom is 0.273 e. The molecular weight excluding hydrogens is 422 g/mol. The number of thiazole rings is 1. The number of carbonyl (C=O) groups is 1. The summed E-state index contributed by atoms with van der Waals surface area (Å²) in [5, 5.41) is 11.9. The van der Waals surface area contributed by atoms with Crippen molar-refractivity contribution in [1.82, 2.24) is 14.9 Å². The number of hydrogen-bond acceptors (Lipinski definition) is 7. The van der Waals surface area contributed by atoms with Crippen molar-refractivity contribution in [3.63, 3.8) is 0 Å². The molecule has 3 aliphatic rings. The van der Waals surface area contributed by atoms with Crippen LogP contribution in [0.1, 0.15) is 77.8 Å². The van der Waals surface area contributed by atoms with Crippen molar-refractivity contribution in [3.05, 3.63) is 39.0 Å². The van der Waals surface area contributed by atoms with E-state index in [0.29, 0.717) is 50.0 Å². The molecule has 1 saturated heterocycles. The van der Waals surface area contributed by atoms with Crippen molar-refractivity contribution < 1.29 is 9.53 Å². The maximum absolute atomic E-state index is 12.9. The van der Waals surface area contributed by atoms with Gasteiger partial charge in [0.1, 0.15) is 17.6 Å². The summed E-state index contributed by atoms with van der Waals surface area (Å²) in [5.41, 5.74) is 6.36. The molecule has 7 nitrogen and oxygen atoms in total. The molecule has 2 aromatic rings. The van der Waals surface area contributed by atoms with Crippen molar-refractivity contribution in [1.29, 1.82) is 5.26 Å². The Hall–Kier alpha value is -2.50. The van der Waals surface area contributed by atoms with Gasteiger partial charge in [0.25, 0.3) is 5.91 Å². The Kier molecular flexibility index (Phi) is 6.11.